The predicted molar refractivity (Wildman–Crippen MR) is 90.1 cm³/mol. The van der Waals surface area contributed by atoms with Gasteiger partial charge in [0, 0.05) is 31.4 Å². The van der Waals surface area contributed by atoms with Crippen molar-refractivity contribution >= 4 is 5.91 Å². The summed E-state index contributed by atoms with van der Waals surface area (Å²) in [5.74, 6) is -0.355. The summed E-state index contributed by atoms with van der Waals surface area (Å²) in [5, 5.41) is 2.81. The Morgan fingerprint density at radius 2 is 2.16 bits per heavy atom. The lowest BCUT2D eigenvalue weighted by Crippen LogP contribution is -2.45. The van der Waals surface area contributed by atoms with E-state index in [2.05, 4.69) is 15.3 Å². The molecule has 132 valence electrons. The van der Waals surface area contributed by atoms with E-state index in [0.717, 1.165) is 5.56 Å². The highest BCUT2D eigenvalue weighted by Gasteiger charge is 2.35. The number of nitrogens with zero attached hydrogens (tertiary/aromatic N) is 1. The number of amides is 1. The molecule has 3 rings (SSSR count). The van der Waals surface area contributed by atoms with Gasteiger partial charge in [-0.15, -0.1) is 0 Å². The van der Waals surface area contributed by atoms with Crippen LogP contribution in [0.1, 0.15) is 34.6 Å². The highest BCUT2D eigenvalue weighted by atomic mass is 19.1. The number of halogens is 1. The molecule has 0 unspecified atom stereocenters. The number of carbonyl (C=O) groups is 1. The van der Waals surface area contributed by atoms with E-state index in [9.17, 15) is 14.0 Å². The third-order valence-electron chi connectivity index (χ3n) is 4.65. The van der Waals surface area contributed by atoms with E-state index in [0.29, 0.717) is 38.4 Å². The Balaban J connectivity index is 1.81. The fourth-order valence-corrected chi connectivity index (χ4v) is 3.14. The van der Waals surface area contributed by atoms with Gasteiger partial charge in [-0.05, 0) is 37.5 Å². The van der Waals surface area contributed by atoms with Crippen molar-refractivity contribution in [3.05, 3.63) is 63.6 Å². The van der Waals surface area contributed by atoms with Crippen LogP contribution in [0.4, 0.5) is 4.39 Å². The Morgan fingerprint density at radius 1 is 1.40 bits per heavy atom. The van der Waals surface area contributed by atoms with Gasteiger partial charge in [0.1, 0.15) is 17.2 Å². The predicted octanol–water partition coefficient (Wildman–Crippen LogP) is 1.70. The summed E-state index contributed by atoms with van der Waals surface area (Å²) in [4.78, 5) is 30.8. The van der Waals surface area contributed by atoms with Crippen LogP contribution < -0.4 is 10.9 Å². The van der Waals surface area contributed by atoms with Crippen molar-refractivity contribution in [3.8, 4) is 0 Å². The van der Waals surface area contributed by atoms with Gasteiger partial charge in [0.25, 0.3) is 11.5 Å². The van der Waals surface area contributed by atoms with E-state index < -0.39 is 16.9 Å². The summed E-state index contributed by atoms with van der Waals surface area (Å²) < 4.78 is 19.1. The molecule has 2 N–H and O–H groups in total. The molecule has 6 nitrogen and oxygen atoms in total. The minimum Gasteiger partial charge on any atom is -0.381 e. The molecular formula is C18H20FN3O3. The first-order valence-electron chi connectivity index (χ1n) is 8.18. The molecule has 0 radical (unpaired) electrons. The van der Waals surface area contributed by atoms with Crippen LogP contribution in [-0.2, 0) is 10.2 Å². The van der Waals surface area contributed by atoms with E-state index in [1.165, 1.54) is 18.3 Å². The molecule has 0 aliphatic carbocycles. The number of hydrogen-bond donors (Lipinski definition) is 2. The molecule has 1 aromatic carbocycles. The average molecular weight is 345 g/mol. The van der Waals surface area contributed by atoms with Gasteiger partial charge in [-0.1, -0.05) is 12.1 Å². The Kier molecular flexibility index (Phi) is 4.94. The maximum absolute atomic E-state index is 13.7. The Morgan fingerprint density at radius 3 is 2.84 bits per heavy atom. The van der Waals surface area contributed by atoms with Gasteiger partial charge in [0.2, 0.25) is 0 Å². The lowest BCUT2D eigenvalue weighted by Gasteiger charge is -2.38. The van der Waals surface area contributed by atoms with Crippen molar-refractivity contribution in [3.63, 3.8) is 0 Å². The van der Waals surface area contributed by atoms with Crippen molar-refractivity contribution in [1.82, 2.24) is 15.3 Å². The number of rotatable bonds is 4. The second kappa shape index (κ2) is 7.14. The second-order valence-electron chi connectivity index (χ2n) is 6.30. The smallest absolute Gasteiger partial charge is 0.263 e. The largest absolute Gasteiger partial charge is 0.381 e. The van der Waals surface area contributed by atoms with Crippen molar-refractivity contribution in [2.75, 3.05) is 19.8 Å². The summed E-state index contributed by atoms with van der Waals surface area (Å²) in [5.41, 5.74) is -0.100. The lowest BCUT2D eigenvalue weighted by molar-refractivity contribution is 0.0486. The third kappa shape index (κ3) is 3.76. The van der Waals surface area contributed by atoms with Crippen LogP contribution >= 0.6 is 0 Å². The van der Waals surface area contributed by atoms with Crippen LogP contribution in [0.5, 0.6) is 0 Å². The van der Waals surface area contributed by atoms with Crippen molar-refractivity contribution in [2.24, 2.45) is 0 Å². The maximum Gasteiger partial charge on any atom is 0.263 e. The highest BCUT2D eigenvalue weighted by Crippen LogP contribution is 2.34. The number of aromatic nitrogens is 2. The van der Waals surface area contributed by atoms with Crippen LogP contribution in [0.15, 0.2) is 35.3 Å². The minimum absolute atomic E-state index is 0.0351. The molecule has 0 bridgehead atoms. The molecule has 0 atom stereocenters. The third-order valence-corrected chi connectivity index (χ3v) is 4.65. The molecule has 25 heavy (non-hydrogen) atoms. The van der Waals surface area contributed by atoms with E-state index in [-0.39, 0.29) is 11.4 Å². The monoisotopic (exact) mass is 345 g/mol. The van der Waals surface area contributed by atoms with Gasteiger partial charge in [0.15, 0.2) is 0 Å². The summed E-state index contributed by atoms with van der Waals surface area (Å²) >= 11 is 0. The molecule has 1 aliphatic rings. The molecular weight excluding hydrogens is 325 g/mol. The molecule has 7 heteroatoms. The SMILES string of the molecule is Cc1ncc(C(=O)NCC2(c3cccc(F)c3)CCOCC2)c(=O)[nH]1. The van der Waals surface area contributed by atoms with Gasteiger partial charge in [-0.3, -0.25) is 9.59 Å². The first-order valence-corrected chi connectivity index (χ1v) is 8.18. The molecule has 1 aliphatic heterocycles. The van der Waals surface area contributed by atoms with Crippen molar-refractivity contribution in [1.29, 1.82) is 0 Å². The molecule has 2 heterocycles. The normalized spacial score (nSPS) is 16.4. The Bertz CT molecular complexity index is 828. The number of nitrogens with one attached hydrogen (secondary N) is 2. The fourth-order valence-electron chi connectivity index (χ4n) is 3.14. The van der Waals surface area contributed by atoms with Gasteiger partial charge in [-0.25, -0.2) is 9.37 Å². The van der Waals surface area contributed by atoms with E-state index in [1.54, 1.807) is 13.0 Å². The summed E-state index contributed by atoms with van der Waals surface area (Å²) in [6.07, 6.45) is 2.60. The molecule has 1 amide bonds. The molecule has 0 saturated carbocycles. The zero-order valence-electron chi connectivity index (χ0n) is 14.0. The molecule has 1 saturated heterocycles. The van der Waals surface area contributed by atoms with Crippen molar-refractivity contribution < 1.29 is 13.9 Å². The fraction of sp³-hybridized carbons (Fsp3) is 0.389. The van der Waals surface area contributed by atoms with E-state index >= 15 is 0 Å². The van der Waals surface area contributed by atoms with Crippen LogP contribution in [0, 0.1) is 12.7 Å². The van der Waals surface area contributed by atoms with Gasteiger partial charge in [0.05, 0.1) is 0 Å². The second-order valence-corrected chi connectivity index (χ2v) is 6.30. The summed E-state index contributed by atoms with van der Waals surface area (Å²) in [6.45, 7) is 3.02. The van der Waals surface area contributed by atoms with E-state index in [1.807, 2.05) is 6.07 Å². The average Bonchev–Trinajstić information content (AvgIpc) is 2.60. The highest BCUT2D eigenvalue weighted by molar-refractivity contribution is 5.93. The Labute approximate surface area is 144 Å². The molecule has 2 aromatic rings. The van der Waals surface area contributed by atoms with Gasteiger partial charge >= 0.3 is 0 Å². The molecule has 1 fully saturated rings. The number of carbonyl (C=O) groups excluding carboxylic acids is 1. The standard InChI is InChI=1S/C18H20FN3O3/c1-12-20-10-15(17(24)22-12)16(23)21-11-18(5-7-25-8-6-18)13-3-2-4-14(19)9-13/h2-4,9-10H,5-8,11H2,1H3,(H,21,23)(H,20,22,24). The number of H-pyrrole nitrogens is 1. The topological polar surface area (TPSA) is 84.1 Å². The number of ether oxygens (including phenoxy) is 1. The summed E-state index contributed by atoms with van der Waals surface area (Å²) in [7, 11) is 0. The van der Waals surface area contributed by atoms with Crippen LogP contribution in [-0.4, -0.2) is 35.6 Å². The zero-order valence-corrected chi connectivity index (χ0v) is 14.0. The van der Waals surface area contributed by atoms with Crippen LogP contribution in [0.2, 0.25) is 0 Å². The van der Waals surface area contributed by atoms with Crippen LogP contribution in [0.3, 0.4) is 0 Å². The minimum atomic E-state index is -0.490. The first kappa shape index (κ1) is 17.3. The van der Waals surface area contributed by atoms with Crippen molar-refractivity contribution in [2.45, 2.75) is 25.2 Å². The number of aromatic amines is 1. The number of aryl methyl sites for hydroxylation is 1. The zero-order chi connectivity index (χ0) is 17.9. The molecule has 0 spiro atoms. The maximum atomic E-state index is 13.7. The number of benzene rings is 1. The lowest BCUT2D eigenvalue weighted by atomic mass is 9.74. The molecule has 1 aromatic heterocycles. The quantitative estimate of drug-likeness (QED) is 0.883. The van der Waals surface area contributed by atoms with E-state index in [4.69, 9.17) is 4.74 Å². The Hall–Kier alpha value is -2.54. The van der Waals surface area contributed by atoms with Gasteiger partial charge < -0.3 is 15.0 Å². The summed E-state index contributed by atoms with van der Waals surface area (Å²) in [6, 6.07) is 6.42. The van der Waals surface area contributed by atoms with Crippen LogP contribution in [0.25, 0.3) is 0 Å². The van der Waals surface area contributed by atoms with Gasteiger partial charge in [-0.2, -0.15) is 0 Å². The first-order chi connectivity index (χ1) is 12.0. The number of hydrogen-bond acceptors (Lipinski definition) is 4.